The Hall–Kier alpha value is -2.54. The van der Waals surface area contributed by atoms with E-state index in [0.29, 0.717) is 10.3 Å². The second-order valence-electron chi connectivity index (χ2n) is 6.76. The first-order valence-electron chi connectivity index (χ1n) is 8.95. The van der Waals surface area contributed by atoms with Crippen molar-refractivity contribution in [2.75, 3.05) is 27.3 Å². The van der Waals surface area contributed by atoms with E-state index >= 15 is 0 Å². The van der Waals surface area contributed by atoms with Gasteiger partial charge in [-0.3, -0.25) is 4.57 Å². The first kappa shape index (κ1) is 22.2. The van der Waals surface area contributed by atoms with Gasteiger partial charge in [0.05, 0.1) is 20.3 Å². The molecule has 166 valence electrons. The van der Waals surface area contributed by atoms with Gasteiger partial charge in [0.1, 0.15) is 16.4 Å². The number of halogens is 3. The van der Waals surface area contributed by atoms with Crippen molar-refractivity contribution in [1.82, 2.24) is 18.7 Å². The van der Waals surface area contributed by atoms with E-state index in [0.717, 1.165) is 11.7 Å². The lowest BCUT2D eigenvalue weighted by Crippen LogP contribution is -2.41. The van der Waals surface area contributed by atoms with Gasteiger partial charge in [0.2, 0.25) is 15.8 Å². The molecule has 2 aromatic rings. The van der Waals surface area contributed by atoms with Crippen LogP contribution in [0, 0.1) is 0 Å². The molecule has 0 radical (unpaired) electrons. The van der Waals surface area contributed by atoms with Crippen LogP contribution in [0.2, 0.25) is 0 Å². The number of rotatable bonds is 5. The maximum atomic E-state index is 13.0. The first-order chi connectivity index (χ1) is 14.0. The fraction of sp³-hybridized carbons (Fsp3) is 0.529. The molecule has 0 spiro atoms. The lowest BCUT2D eigenvalue weighted by Gasteiger charge is -2.31. The molecule has 0 N–H and O–H groups in total. The number of benzene rings is 1. The second-order valence-corrected chi connectivity index (χ2v) is 8.67. The second kappa shape index (κ2) is 7.95. The van der Waals surface area contributed by atoms with E-state index in [2.05, 4.69) is 5.10 Å². The van der Waals surface area contributed by atoms with Crippen LogP contribution in [-0.2, 0) is 23.2 Å². The largest absolute Gasteiger partial charge is 0.497 e. The lowest BCUT2D eigenvalue weighted by atomic mass is 10.1. The number of piperidine rings is 1. The summed E-state index contributed by atoms with van der Waals surface area (Å²) in [4.78, 5) is 12.1. The fourth-order valence-electron chi connectivity index (χ4n) is 3.40. The Labute approximate surface area is 170 Å². The van der Waals surface area contributed by atoms with Crippen molar-refractivity contribution in [2.24, 2.45) is 7.05 Å². The van der Waals surface area contributed by atoms with Crippen molar-refractivity contribution < 1.29 is 31.1 Å². The number of hydrogen-bond donors (Lipinski definition) is 0. The van der Waals surface area contributed by atoms with Crippen LogP contribution in [0.25, 0.3) is 0 Å². The topological polar surface area (TPSA) is 95.7 Å². The van der Waals surface area contributed by atoms with Gasteiger partial charge in [-0.15, -0.1) is 5.10 Å². The van der Waals surface area contributed by atoms with Crippen molar-refractivity contribution in [3.05, 3.63) is 34.5 Å². The average molecular weight is 450 g/mol. The summed E-state index contributed by atoms with van der Waals surface area (Å²) in [7, 11) is -0.127. The minimum atomic E-state index is -4.76. The predicted octanol–water partition coefficient (Wildman–Crippen LogP) is 1.64. The zero-order chi connectivity index (χ0) is 22.3. The minimum Gasteiger partial charge on any atom is -0.497 e. The van der Waals surface area contributed by atoms with E-state index in [1.165, 1.54) is 36.7 Å². The molecule has 0 saturated carbocycles. The third-order valence-corrected chi connectivity index (χ3v) is 6.95. The maximum Gasteiger partial charge on any atom is 0.451 e. The average Bonchev–Trinajstić information content (AvgIpc) is 3.02. The van der Waals surface area contributed by atoms with Crippen LogP contribution >= 0.6 is 0 Å². The molecule has 1 aromatic carbocycles. The molecule has 9 nitrogen and oxygen atoms in total. The SMILES string of the molecule is COc1ccc(S(=O)(=O)N2CCC(n3nc(C(F)(F)F)n(C)c3=O)CC2)c(OC)c1. The third-order valence-electron chi connectivity index (χ3n) is 5.01. The highest BCUT2D eigenvalue weighted by Gasteiger charge is 2.40. The summed E-state index contributed by atoms with van der Waals surface area (Å²) in [5.74, 6) is -0.739. The molecule has 0 atom stereocenters. The minimum absolute atomic E-state index is 0.0204. The summed E-state index contributed by atoms with van der Waals surface area (Å²) < 4.78 is 77.8. The van der Waals surface area contributed by atoms with E-state index in [1.807, 2.05) is 0 Å². The van der Waals surface area contributed by atoms with E-state index < -0.39 is 33.8 Å². The number of nitrogens with zero attached hydrogens (tertiary/aromatic N) is 4. The molecule has 1 aromatic heterocycles. The zero-order valence-electron chi connectivity index (χ0n) is 16.5. The monoisotopic (exact) mass is 450 g/mol. The smallest absolute Gasteiger partial charge is 0.451 e. The number of hydrogen-bond acceptors (Lipinski definition) is 6. The summed E-state index contributed by atoms with van der Waals surface area (Å²) in [6.07, 6.45) is -4.47. The van der Waals surface area contributed by atoms with Crippen LogP contribution in [0.5, 0.6) is 11.5 Å². The predicted molar refractivity (Wildman–Crippen MR) is 99.0 cm³/mol. The Morgan fingerprint density at radius 3 is 2.27 bits per heavy atom. The first-order valence-corrected chi connectivity index (χ1v) is 10.4. The molecule has 0 amide bonds. The van der Waals surface area contributed by atoms with Crippen LogP contribution in [0.1, 0.15) is 24.7 Å². The lowest BCUT2D eigenvalue weighted by molar-refractivity contribution is -0.147. The maximum absolute atomic E-state index is 13.0. The molecule has 0 unspecified atom stereocenters. The molecule has 0 aliphatic carbocycles. The molecule has 3 rings (SSSR count). The molecular formula is C17H21F3N4O5S. The number of alkyl halides is 3. The number of sulfonamides is 1. The molecule has 1 saturated heterocycles. The number of aromatic nitrogens is 3. The molecule has 1 aliphatic rings. The molecule has 2 heterocycles. The highest BCUT2D eigenvalue weighted by atomic mass is 32.2. The molecule has 30 heavy (non-hydrogen) atoms. The number of methoxy groups -OCH3 is 2. The Kier molecular flexibility index (Phi) is 5.87. The Morgan fingerprint density at radius 2 is 1.77 bits per heavy atom. The Bertz CT molecular complexity index is 1090. The Balaban J connectivity index is 1.82. The van der Waals surface area contributed by atoms with Crippen LogP contribution in [0.3, 0.4) is 0 Å². The van der Waals surface area contributed by atoms with Crippen molar-refractivity contribution in [3.8, 4) is 11.5 Å². The van der Waals surface area contributed by atoms with Gasteiger partial charge in [0, 0.05) is 26.2 Å². The van der Waals surface area contributed by atoms with Gasteiger partial charge < -0.3 is 9.47 Å². The van der Waals surface area contributed by atoms with Crippen LogP contribution in [-0.4, -0.2) is 54.4 Å². The third kappa shape index (κ3) is 3.90. The molecule has 1 fully saturated rings. The summed E-state index contributed by atoms with van der Waals surface area (Å²) in [6, 6.07) is 3.68. The number of ether oxygens (including phenoxy) is 2. The van der Waals surface area contributed by atoms with Crippen LogP contribution in [0.15, 0.2) is 27.9 Å². The highest BCUT2D eigenvalue weighted by Crippen LogP contribution is 2.33. The summed E-state index contributed by atoms with van der Waals surface area (Å²) in [5, 5.41) is 3.44. The fourth-order valence-corrected chi connectivity index (χ4v) is 5.00. The molecular weight excluding hydrogens is 429 g/mol. The van der Waals surface area contributed by atoms with Crippen LogP contribution < -0.4 is 15.2 Å². The van der Waals surface area contributed by atoms with E-state index in [9.17, 15) is 26.4 Å². The van der Waals surface area contributed by atoms with Gasteiger partial charge in [-0.05, 0) is 25.0 Å². The van der Waals surface area contributed by atoms with Gasteiger partial charge in [-0.25, -0.2) is 17.9 Å². The van der Waals surface area contributed by atoms with Crippen molar-refractivity contribution in [1.29, 1.82) is 0 Å². The zero-order valence-corrected chi connectivity index (χ0v) is 17.3. The van der Waals surface area contributed by atoms with Crippen molar-refractivity contribution >= 4 is 10.0 Å². The van der Waals surface area contributed by atoms with E-state index in [1.54, 1.807) is 0 Å². The van der Waals surface area contributed by atoms with Crippen molar-refractivity contribution in [2.45, 2.75) is 30.0 Å². The summed E-state index contributed by atoms with van der Waals surface area (Å²) >= 11 is 0. The van der Waals surface area contributed by atoms with Crippen LogP contribution in [0.4, 0.5) is 13.2 Å². The van der Waals surface area contributed by atoms with E-state index in [-0.39, 0.29) is 36.6 Å². The van der Waals surface area contributed by atoms with Gasteiger partial charge in [-0.2, -0.15) is 17.5 Å². The van der Waals surface area contributed by atoms with Gasteiger partial charge >= 0.3 is 11.9 Å². The van der Waals surface area contributed by atoms with Gasteiger partial charge in [0.25, 0.3) is 0 Å². The summed E-state index contributed by atoms with van der Waals surface area (Å²) in [5.41, 5.74) is -0.888. The molecule has 1 aliphatic heterocycles. The standard InChI is InChI=1S/C17H21F3N4O5S/c1-22-15(17(18,19)20)21-24(16(22)25)11-6-8-23(9-7-11)30(26,27)14-5-4-12(28-2)10-13(14)29-3/h4-5,10-11H,6-9H2,1-3H3. The summed E-state index contributed by atoms with van der Waals surface area (Å²) in [6.45, 7) is 0.0408. The Morgan fingerprint density at radius 1 is 1.13 bits per heavy atom. The molecule has 13 heteroatoms. The van der Waals surface area contributed by atoms with Gasteiger partial charge in [0.15, 0.2) is 0 Å². The molecule has 0 bridgehead atoms. The normalized spacial score (nSPS) is 16.6. The van der Waals surface area contributed by atoms with Crippen molar-refractivity contribution in [3.63, 3.8) is 0 Å². The van der Waals surface area contributed by atoms with E-state index in [4.69, 9.17) is 9.47 Å². The highest BCUT2D eigenvalue weighted by molar-refractivity contribution is 7.89. The van der Waals surface area contributed by atoms with Gasteiger partial charge in [-0.1, -0.05) is 0 Å². The quantitative estimate of drug-likeness (QED) is 0.688.